The van der Waals surface area contributed by atoms with Gasteiger partial charge in [-0.1, -0.05) is 29.8 Å². The topological polar surface area (TPSA) is 94.2 Å². The van der Waals surface area contributed by atoms with Gasteiger partial charge in [0.1, 0.15) is 11.5 Å². The molecule has 1 aliphatic heterocycles. The minimum Gasteiger partial charge on any atom is -0.497 e. The van der Waals surface area contributed by atoms with Crippen LogP contribution in [0.5, 0.6) is 11.5 Å². The molecule has 1 heterocycles. The summed E-state index contributed by atoms with van der Waals surface area (Å²) in [6, 6.07) is 21.1. The van der Waals surface area contributed by atoms with E-state index < -0.39 is 30.4 Å². The summed E-state index contributed by atoms with van der Waals surface area (Å²) in [5.74, 6) is -0.422. The summed E-state index contributed by atoms with van der Waals surface area (Å²) < 4.78 is 16.0. The van der Waals surface area contributed by atoms with Gasteiger partial charge >= 0.3 is 5.97 Å². The summed E-state index contributed by atoms with van der Waals surface area (Å²) in [5.41, 5.74) is 3.09. The summed E-state index contributed by atoms with van der Waals surface area (Å²) in [6.45, 7) is 1.53. The van der Waals surface area contributed by atoms with E-state index in [0.717, 1.165) is 11.1 Å². The maximum absolute atomic E-state index is 13.3. The second kappa shape index (κ2) is 11.6. The van der Waals surface area contributed by atoms with E-state index in [1.807, 2.05) is 31.2 Å². The van der Waals surface area contributed by atoms with Gasteiger partial charge in [0.2, 0.25) is 5.91 Å². The van der Waals surface area contributed by atoms with Crippen molar-refractivity contribution in [3.63, 3.8) is 0 Å². The molecule has 0 aliphatic carbocycles. The van der Waals surface area contributed by atoms with Gasteiger partial charge in [-0.2, -0.15) is 0 Å². The highest BCUT2D eigenvalue weighted by Crippen LogP contribution is 2.41. The SMILES string of the molecule is COc1ccc([C@H]2[C@H](C(=O)OCC(=O)Nc3ccc(C)cc3)CCC(=O)N2c2ccc(OC)cc2)cc1. The van der Waals surface area contributed by atoms with E-state index in [4.69, 9.17) is 14.2 Å². The van der Waals surface area contributed by atoms with Crippen LogP contribution in [0.2, 0.25) is 0 Å². The van der Waals surface area contributed by atoms with Crippen LogP contribution in [-0.2, 0) is 19.1 Å². The molecule has 0 unspecified atom stereocenters. The molecule has 0 saturated carbocycles. The lowest BCUT2D eigenvalue weighted by Crippen LogP contribution is -2.46. The first-order valence-corrected chi connectivity index (χ1v) is 12.0. The lowest BCUT2D eigenvalue weighted by Gasteiger charge is -2.40. The Hall–Kier alpha value is -4.33. The van der Waals surface area contributed by atoms with Crippen LogP contribution in [0.1, 0.15) is 30.0 Å². The molecule has 3 aromatic rings. The fraction of sp³-hybridized carbons (Fsp3) is 0.276. The Bertz CT molecular complexity index is 1240. The van der Waals surface area contributed by atoms with E-state index in [1.54, 1.807) is 67.7 Å². The molecule has 4 rings (SSSR count). The minimum atomic E-state index is -0.666. The maximum atomic E-state index is 13.3. The summed E-state index contributed by atoms with van der Waals surface area (Å²) >= 11 is 0. The number of methoxy groups -OCH3 is 2. The van der Waals surface area contributed by atoms with Gasteiger partial charge in [-0.05, 0) is 67.4 Å². The average molecular weight is 503 g/mol. The van der Waals surface area contributed by atoms with Crippen molar-refractivity contribution in [3.05, 3.63) is 83.9 Å². The zero-order chi connectivity index (χ0) is 26.4. The number of esters is 1. The number of hydrogen-bond donors (Lipinski definition) is 1. The highest BCUT2D eigenvalue weighted by atomic mass is 16.5. The number of benzene rings is 3. The molecule has 0 aromatic heterocycles. The van der Waals surface area contributed by atoms with Gasteiger partial charge in [0.15, 0.2) is 6.61 Å². The summed E-state index contributed by atoms with van der Waals surface area (Å²) in [5, 5.41) is 2.73. The Morgan fingerprint density at radius 1 is 0.892 bits per heavy atom. The lowest BCUT2D eigenvalue weighted by molar-refractivity contribution is -0.153. The number of aryl methyl sites for hydroxylation is 1. The first kappa shape index (κ1) is 25.8. The Morgan fingerprint density at radius 3 is 2.08 bits per heavy atom. The van der Waals surface area contributed by atoms with Gasteiger partial charge in [0.25, 0.3) is 5.91 Å². The number of carbonyl (C=O) groups excluding carboxylic acids is 3. The number of rotatable bonds is 8. The summed E-state index contributed by atoms with van der Waals surface area (Å²) in [7, 11) is 3.15. The second-order valence-electron chi connectivity index (χ2n) is 8.85. The number of anilines is 2. The van der Waals surface area contributed by atoms with Crippen LogP contribution in [0, 0.1) is 12.8 Å². The molecule has 8 nitrogen and oxygen atoms in total. The molecule has 1 N–H and O–H groups in total. The van der Waals surface area contributed by atoms with Gasteiger partial charge in [0, 0.05) is 17.8 Å². The Kier molecular flexibility index (Phi) is 8.08. The number of hydrogen-bond acceptors (Lipinski definition) is 6. The smallest absolute Gasteiger partial charge is 0.311 e. The Balaban J connectivity index is 1.56. The van der Waals surface area contributed by atoms with E-state index in [-0.39, 0.29) is 12.3 Å². The van der Waals surface area contributed by atoms with Crippen LogP contribution >= 0.6 is 0 Å². The molecule has 1 fully saturated rings. The standard InChI is InChI=1S/C29H30N2O6/c1-19-4-8-21(9-5-19)30-26(32)18-37-29(34)25-16-17-27(33)31(22-10-14-24(36-3)15-11-22)28(25)20-6-12-23(35-2)13-7-20/h4-15,25,28H,16-18H2,1-3H3,(H,30,32)/t25-,28+/m1/s1. The third-order valence-electron chi connectivity index (χ3n) is 6.39. The number of carbonyl (C=O) groups is 3. The fourth-order valence-electron chi connectivity index (χ4n) is 4.45. The van der Waals surface area contributed by atoms with Crippen LogP contribution in [0.3, 0.4) is 0 Å². The highest BCUT2D eigenvalue weighted by molar-refractivity contribution is 5.97. The zero-order valence-corrected chi connectivity index (χ0v) is 21.1. The number of piperidine rings is 1. The van der Waals surface area contributed by atoms with Crippen molar-refractivity contribution < 1.29 is 28.6 Å². The van der Waals surface area contributed by atoms with E-state index in [0.29, 0.717) is 29.3 Å². The largest absolute Gasteiger partial charge is 0.497 e. The van der Waals surface area contributed by atoms with Gasteiger partial charge in [0.05, 0.1) is 26.2 Å². The molecule has 1 saturated heterocycles. The molecule has 2 atom stereocenters. The fourth-order valence-corrected chi connectivity index (χ4v) is 4.45. The van der Waals surface area contributed by atoms with Crippen LogP contribution in [0.25, 0.3) is 0 Å². The summed E-state index contributed by atoms with van der Waals surface area (Å²) in [4.78, 5) is 40.5. The first-order valence-electron chi connectivity index (χ1n) is 12.0. The van der Waals surface area contributed by atoms with Crippen LogP contribution < -0.4 is 19.7 Å². The molecule has 1 aliphatic rings. The van der Waals surface area contributed by atoms with E-state index in [1.165, 1.54) is 0 Å². The van der Waals surface area contributed by atoms with Gasteiger partial charge in [-0.25, -0.2) is 0 Å². The quantitative estimate of drug-likeness (QED) is 0.450. The molecule has 192 valence electrons. The Labute approximate surface area is 216 Å². The molecular weight excluding hydrogens is 472 g/mol. The molecule has 0 spiro atoms. The molecule has 2 amide bonds. The molecule has 0 radical (unpaired) electrons. The molecular formula is C29H30N2O6. The summed E-state index contributed by atoms with van der Waals surface area (Å²) in [6.07, 6.45) is 0.481. The lowest BCUT2D eigenvalue weighted by atomic mass is 9.83. The molecule has 8 heteroatoms. The number of nitrogens with one attached hydrogen (secondary N) is 1. The van der Waals surface area contributed by atoms with Crippen molar-refractivity contribution in [1.82, 2.24) is 0 Å². The first-order chi connectivity index (χ1) is 17.9. The third kappa shape index (κ3) is 6.09. The maximum Gasteiger partial charge on any atom is 0.311 e. The van der Waals surface area contributed by atoms with E-state index in [2.05, 4.69) is 5.32 Å². The van der Waals surface area contributed by atoms with Crippen LogP contribution in [-0.4, -0.2) is 38.6 Å². The number of nitrogens with zero attached hydrogens (tertiary/aromatic N) is 1. The van der Waals surface area contributed by atoms with Crippen LogP contribution in [0.4, 0.5) is 11.4 Å². The predicted molar refractivity (Wildman–Crippen MR) is 140 cm³/mol. The predicted octanol–water partition coefficient (Wildman–Crippen LogP) is 4.68. The van der Waals surface area contributed by atoms with Crippen molar-refractivity contribution in [3.8, 4) is 11.5 Å². The Morgan fingerprint density at radius 2 is 1.49 bits per heavy atom. The van der Waals surface area contributed by atoms with Gasteiger partial charge in [-0.15, -0.1) is 0 Å². The number of amides is 2. The third-order valence-corrected chi connectivity index (χ3v) is 6.39. The van der Waals surface area contributed by atoms with Crippen molar-refractivity contribution in [2.75, 3.05) is 31.0 Å². The van der Waals surface area contributed by atoms with Crippen molar-refractivity contribution in [2.24, 2.45) is 5.92 Å². The average Bonchev–Trinajstić information content (AvgIpc) is 2.93. The normalized spacial score (nSPS) is 17.2. The monoisotopic (exact) mass is 502 g/mol. The molecule has 37 heavy (non-hydrogen) atoms. The molecule has 3 aromatic carbocycles. The molecule has 0 bridgehead atoms. The number of ether oxygens (including phenoxy) is 3. The van der Waals surface area contributed by atoms with Crippen molar-refractivity contribution in [2.45, 2.75) is 25.8 Å². The van der Waals surface area contributed by atoms with E-state index >= 15 is 0 Å². The van der Waals surface area contributed by atoms with E-state index in [9.17, 15) is 14.4 Å². The zero-order valence-electron chi connectivity index (χ0n) is 21.1. The van der Waals surface area contributed by atoms with Gasteiger partial charge in [-0.3, -0.25) is 14.4 Å². The second-order valence-corrected chi connectivity index (χ2v) is 8.85. The van der Waals surface area contributed by atoms with Crippen molar-refractivity contribution >= 4 is 29.2 Å². The van der Waals surface area contributed by atoms with Crippen molar-refractivity contribution in [1.29, 1.82) is 0 Å². The highest BCUT2D eigenvalue weighted by Gasteiger charge is 2.42. The minimum absolute atomic E-state index is 0.104. The van der Waals surface area contributed by atoms with Crippen LogP contribution in [0.15, 0.2) is 72.8 Å². The van der Waals surface area contributed by atoms with Gasteiger partial charge < -0.3 is 24.4 Å².